The molecule has 0 radical (unpaired) electrons. The molecule has 19 heavy (non-hydrogen) atoms. The molecule has 2 aliphatic heterocycles. The Labute approximate surface area is 112 Å². The van der Waals surface area contributed by atoms with Crippen LogP contribution in [0.2, 0.25) is 0 Å². The molecule has 2 saturated heterocycles. The van der Waals surface area contributed by atoms with Gasteiger partial charge in [-0.25, -0.2) is 0 Å². The summed E-state index contributed by atoms with van der Waals surface area (Å²) in [5.74, 6) is -1.12. The number of methoxy groups -OCH3 is 1. The number of aliphatic hydroxyl groups is 1. The predicted molar refractivity (Wildman–Crippen MR) is 66.7 cm³/mol. The molecule has 0 amide bonds. The summed E-state index contributed by atoms with van der Waals surface area (Å²) in [6.45, 7) is 3.86. The van der Waals surface area contributed by atoms with E-state index in [-0.39, 0.29) is 0 Å². The summed E-state index contributed by atoms with van der Waals surface area (Å²) in [5.41, 5.74) is 0.845. The molecule has 0 aromatic heterocycles. The van der Waals surface area contributed by atoms with E-state index in [2.05, 4.69) is 0 Å². The molecule has 2 aliphatic rings. The van der Waals surface area contributed by atoms with E-state index in [4.69, 9.17) is 18.9 Å². The molecule has 0 unspecified atom stereocenters. The van der Waals surface area contributed by atoms with E-state index >= 15 is 0 Å². The van der Waals surface area contributed by atoms with Crippen molar-refractivity contribution >= 4 is 0 Å². The quantitative estimate of drug-likeness (QED) is 0.881. The fourth-order valence-corrected chi connectivity index (χ4v) is 2.64. The maximum absolute atomic E-state index is 10.4. The van der Waals surface area contributed by atoms with Gasteiger partial charge in [-0.1, -0.05) is 12.1 Å². The second-order valence-corrected chi connectivity index (χ2v) is 5.30. The average Bonchev–Trinajstić information content (AvgIpc) is 2.68. The van der Waals surface area contributed by atoms with Crippen LogP contribution in [0.4, 0.5) is 0 Å². The smallest absolute Gasteiger partial charge is 0.197 e. The molecular formula is C14H18O5. The van der Waals surface area contributed by atoms with Crippen molar-refractivity contribution in [2.45, 2.75) is 37.6 Å². The lowest BCUT2D eigenvalue weighted by molar-refractivity contribution is -0.359. The van der Waals surface area contributed by atoms with Crippen LogP contribution in [-0.4, -0.2) is 36.5 Å². The van der Waals surface area contributed by atoms with Crippen molar-refractivity contribution < 1.29 is 24.1 Å². The normalized spacial score (nSPS) is 41.3. The first kappa shape index (κ1) is 12.9. The molecule has 2 fully saturated rings. The van der Waals surface area contributed by atoms with E-state index in [1.54, 1.807) is 14.0 Å². The molecular weight excluding hydrogens is 248 g/mol. The van der Waals surface area contributed by atoms with Gasteiger partial charge in [0.1, 0.15) is 24.6 Å². The SMILES string of the molecule is COc1cccc([C@H]2O[C@]3(C)CO[C@@](C)(O3)[C@H]2O)c1. The number of benzene rings is 1. The summed E-state index contributed by atoms with van der Waals surface area (Å²) < 4.78 is 22.3. The van der Waals surface area contributed by atoms with Gasteiger partial charge in [0.15, 0.2) is 11.6 Å². The highest BCUT2D eigenvalue weighted by Crippen LogP contribution is 2.47. The minimum absolute atomic E-state index is 0.307. The van der Waals surface area contributed by atoms with Gasteiger partial charge >= 0.3 is 0 Å². The van der Waals surface area contributed by atoms with E-state index in [1.165, 1.54) is 0 Å². The topological polar surface area (TPSA) is 57.2 Å². The number of fused-ring (bicyclic) bond motifs is 2. The number of hydrogen-bond donors (Lipinski definition) is 1. The van der Waals surface area contributed by atoms with Gasteiger partial charge in [0, 0.05) is 0 Å². The molecule has 5 nitrogen and oxygen atoms in total. The first-order valence-electron chi connectivity index (χ1n) is 6.30. The Morgan fingerprint density at radius 2 is 2.16 bits per heavy atom. The second kappa shape index (κ2) is 4.18. The molecule has 2 heterocycles. The standard InChI is InChI=1S/C14H18O5/c1-13-8-17-14(2,19-13)12(15)11(18-13)9-5-4-6-10(7-9)16-3/h4-7,11-12,15H,8H2,1-3H3/t11-,12+,13+,14+/m1/s1. The molecule has 0 spiro atoms. The van der Waals surface area contributed by atoms with Crippen molar-refractivity contribution in [1.82, 2.24) is 0 Å². The number of hydrogen-bond acceptors (Lipinski definition) is 5. The van der Waals surface area contributed by atoms with Crippen LogP contribution in [0, 0.1) is 0 Å². The molecule has 1 N–H and O–H groups in total. The largest absolute Gasteiger partial charge is 0.497 e. The van der Waals surface area contributed by atoms with Crippen LogP contribution in [0.1, 0.15) is 25.5 Å². The van der Waals surface area contributed by atoms with E-state index in [9.17, 15) is 5.11 Å². The molecule has 104 valence electrons. The van der Waals surface area contributed by atoms with Gasteiger partial charge in [-0.2, -0.15) is 0 Å². The van der Waals surface area contributed by atoms with Gasteiger partial charge in [-0.3, -0.25) is 0 Å². The van der Waals surface area contributed by atoms with Crippen LogP contribution in [-0.2, 0) is 14.2 Å². The lowest BCUT2D eigenvalue weighted by atomic mass is 9.97. The lowest BCUT2D eigenvalue weighted by Gasteiger charge is -2.42. The summed E-state index contributed by atoms with van der Waals surface area (Å²) in [6, 6.07) is 7.47. The highest BCUT2D eigenvalue weighted by molar-refractivity contribution is 5.31. The van der Waals surface area contributed by atoms with Crippen LogP contribution in [0.3, 0.4) is 0 Å². The predicted octanol–water partition coefficient (Wildman–Crippen LogP) is 1.61. The van der Waals surface area contributed by atoms with Crippen molar-refractivity contribution in [2.75, 3.05) is 13.7 Å². The Morgan fingerprint density at radius 3 is 2.89 bits per heavy atom. The number of aliphatic hydroxyl groups excluding tert-OH is 1. The summed E-state index contributed by atoms with van der Waals surface area (Å²) in [5, 5.41) is 10.4. The summed E-state index contributed by atoms with van der Waals surface area (Å²) >= 11 is 0. The van der Waals surface area contributed by atoms with Crippen LogP contribution in [0.5, 0.6) is 5.75 Å². The van der Waals surface area contributed by atoms with Gasteiger partial charge in [0.2, 0.25) is 0 Å². The second-order valence-electron chi connectivity index (χ2n) is 5.30. The van der Waals surface area contributed by atoms with E-state index in [1.807, 2.05) is 31.2 Å². The van der Waals surface area contributed by atoms with Crippen LogP contribution in [0.15, 0.2) is 24.3 Å². The number of rotatable bonds is 2. The summed E-state index contributed by atoms with van der Waals surface area (Å²) in [7, 11) is 1.61. The minimum Gasteiger partial charge on any atom is -0.497 e. The zero-order valence-electron chi connectivity index (χ0n) is 11.3. The Bertz CT molecular complexity index is 490. The molecule has 5 heteroatoms. The maximum Gasteiger partial charge on any atom is 0.197 e. The molecule has 4 atom stereocenters. The Balaban J connectivity index is 1.96. The molecule has 0 aliphatic carbocycles. The van der Waals surface area contributed by atoms with Gasteiger partial charge in [-0.05, 0) is 31.5 Å². The fourth-order valence-electron chi connectivity index (χ4n) is 2.64. The number of ether oxygens (including phenoxy) is 4. The molecule has 2 bridgehead atoms. The monoisotopic (exact) mass is 266 g/mol. The third kappa shape index (κ3) is 2.03. The van der Waals surface area contributed by atoms with Gasteiger partial charge in [-0.15, -0.1) is 0 Å². The van der Waals surface area contributed by atoms with Gasteiger partial charge in [0.25, 0.3) is 0 Å². The van der Waals surface area contributed by atoms with E-state index in [0.717, 1.165) is 11.3 Å². The zero-order valence-corrected chi connectivity index (χ0v) is 11.3. The minimum atomic E-state index is -1.03. The van der Waals surface area contributed by atoms with Gasteiger partial charge in [0.05, 0.1) is 7.11 Å². The summed E-state index contributed by atoms with van der Waals surface area (Å²) in [6.07, 6.45) is -1.39. The molecule has 1 aromatic rings. The van der Waals surface area contributed by atoms with Crippen molar-refractivity contribution in [1.29, 1.82) is 0 Å². The van der Waals surface area contributed by atoms with Crippen molar-refractivity contribution in [2.24, 2.45) is 0 Å². The molecule has 3 rings (SSSR count). The summed E-state index contributed by atoms with van der Waals surface area (Å²) in [4.78, 5) is 0. The van der Waals surface area contributed by atoms with Crippen molar-refractivity contribution in [3.8, 4) is 5.75 Å². The van der Waals surface area contributed by atoms with Crippen LogP contribution in [0.25, 0.3) is 0 Å². The maximum atomic E-state index is 10.4. The fraction of sp³-hybridized carbons (Fsp3) is 0.571. The first-order chi connectivity index (χ1) is 8.96. The van der Waals surface area contributed by atoms with Crippen LogP contribution < -0.4 is 4.74 Å². The molecule has 1 aromatic carbocycles. The Kier molecular flexibility index (Phi) is 2.83. The third-order valence-corrected chi connectivity index (χ3v) is 3.66. The Morgan fingerprint density at radius 1 is 1.37 bits per heavy atom. The molecule has 0 saturated carbocycles. The van der Waals surface area contributed by atoms with E-state index < -0.39 is 23.8 Å². The zero-order chi connectivity index (χ0) is 13.7. The van der Waals surface area contributed by atoms with Crippen LogP contribution >= 0.6 is 0 Å². The first-order valence-corrected chi connectivity index (χ1v) is 6.30. The van der Waals surface area contributed by atoms with E-state index in [0.29, 0.717) is 6.61 Å². The Hall–Kier alpha value is -1.14. The highest BCUT2D eigenvalue weighted by Gasteiger charge is 2.59. The van der Waals surface area contributed by atoms with Crippen molar-refractivity contribution in [3.05, 3.63) is 29.8 Å². The van der Waals surface area contributed by atoms with Crippen molar-refractivity contribution in [3.63, 3.8) is 0 Å². The third-order valence-electron chi connectivity index (χ3n) is 3.66. The lowest BCUT2D eigenvalue weighted by Crippen LogP contribution is -2.53. The van der Waals surface area contributed by atoms with Gasteiger partial charge < -0.3 is 24.1 Å². The average molecular weight is 266 g/mol. The highest BCUT2D eigenvalue weighted by atomic mass is 16.9.